The molecule has 0 saturated heterocycles. The number of allylic oxidation sites excluding steroid dienone is 1. The van der Waals surface area contributed by atoms with E-state index in [1.165, 1.54) is 27.8 Å². The molecular weight excluding hydrogens is 196 g/mol. The molecule has 0 N–H and O–H groups in total. The third-order valence-electron chi connectivity index (χ3n) is 3.34. The van der Waals surface area contributed by atoms with Gasteiger partial charge in [0.1, 0.15) is 5.76 Å². The van der Waals surface area contributed by atoms with E-state index in [1.54, 1.807) is 0 Å². The highest BCUT2D eigenvalue weighted by molar-refractivity contribution is 5.87. The molecule has 0 aliphatic heterocycles. The molecule has 1 aliphatic carbocycles. The maximum Gasteiger partial charge on any atom is 0.133 e. The normalized spacial score (nSPS) is 13.8. The second kappa shape index (κ2) is 3.38. The van der Waals surface area contributed by atoms with Crippen LogP contribution in [0.4, 0.5) is 0 Å². The highest BCUT2D eigenvalue weighted by Gasteiger charge is 2.18. The van der Waals surface area contributed by atoms with E-state index in [2.05, 4.69) is 44.2 Å². The van der Waals surface area contributed by atoms with Crippen LogP contribution in [-0.2, 0) is 6.42 Å². The first-order chi connectivity index (χ1) is 7.75. The molecule has 0 unspecified atom stereocenters. The van der Waals surface area contributed by atoms with Crippen LogP contribution in [0.1, 0.15) is 28.0 Å². The van der Waals surface area contributed by atoms with Gasteiger partial charge < -0.3 is 4.42 Å². The molecule has 0 radical (unpaired) electrons. The average molecular weight is 210 g/mol. The number of hydrogen-bond donors (Lipinski definition) is 0. The Balaban J connectivity index is 2.05. The predicted molar refractivity (Wildman–Crippen MR) is 66.2 cm³/mol. The van der Waals surface area contributed by atoms with Crippen molar-refractivity contribution in [3.05, 3.63) is 58.5 Å². The fourth-order valence-corrected chi connectivity index (χ4v) is 2.25. The Morgan fingerprint density at radius 2 is 1.94 bits per heavy atom. The smallest absolute Gasteiger partial charge is 0.133 e. The van der Waals surface area contributed by atoms with Gasteiger partial charge in [0.15, 0.2) is 0 Å². The molecule has 1 nitrogen and oxygen atoms in total. The Labute approximate surface area is 95.4 Å². The SMILES string of the molecule is Cc1coc(C2=Cc3ccccc3C2)c1C. The monoisotopic (exact) mass is 210 g/mol. The van der Waals surface area contributed by atoms with Crippen LogP contribution in [0.25, 0.3) is 11.6 Å². The number of furan rings is 1. The number of benzene rings is 1. The predicted octanol–water partition coefficient (Wildman–Crippen LogP) is 3.99. The van der Waals surface area contributed by atoms with Gasteiger partial charge in [0, 0.05) is 12.0 Å². The minimum Gasteiger partial charge on any atom is -0.464 e. The lowest BCUT2D eigenvalue weighted by Gasteiger charge is -1.99. The number of aryl methyl sites for hydroxylation is 1. The lowest BCUT2D eigenvalue weighted by molar-refractivity contribution is 0.548. The zero-order valence-electron chi connectivity index (χ0n) is 9.58. The summed E-state index contributed by atoms with van der Waals surface area (Å²) in [7, 11) is 0. The molecule has 0 fully saturated rings. The zero-order valence-corrected chi connectivity index (χ0v) is 9.58. The van der Waals surface area contributed by atoms with Crippen LogP contribution < -0.4 is 0 Å². The van der Waals surface area contributed by atoms with E-state index in [0.717, 1.165) is 12.2 Å². The summed E-state index contributed by atoms with van der Waals surface area (Å²) in [5.74, 6) is 1.05. The van der Waals surface area contributed by atoms with Crippen molar-refractivity contribution >= 4 is 11.6 Å². The molecule has 1 aromatic carbocycles. The van der Waals surface area contributed by atoms with Crippen molar-refractivity contribution in [1.82, 2.24) is 0 Å². The third kappa shape index (κ3) is 1.32. The second-order valence-electron chi connectivity index (χ2n) is 4.42. The van der Waals surface area contributed by atoms with Gasteiger partial charge in [-0.3, -0.25) is 0 Å². The average Bonchev–Trinajstić information content (AvgIpc) is 2.84. The Morgan fingerprint density at radius 1 is 1.12 bits per heavy atom. The molecule has 1 heterocycles. The highest BCUT2D eigenvalue weighted by atomic mass is 16.3. The van der Waals surface area contributed by atoms with Gasteiger partial charge in [-0.25, -0.2) is 0 Å². The van der Waals surface area contributed by atoms with Gasteiger partial charge in [0.05, 0.1) is 6.26 Å². The molecule has 0 bridgehead atoms. The summed E-state index contributed by atoms with van der Waals surface area (Å²) in [6.07, 6.45) is 5.07. The van der Waals surface area contributed by atoms with Crippen LogP contribution in [0, 0.1) is 13.8 Å². The van der Waals surface area contributed by atoms with Crippen molar-refractivity contribution < 1.29 is 4.42 Å². The van der Waals surface area contributed by atoms with Crippen LogP contribution in [-0.4, -0.2) is 0 Å². The fraction of sp³-hybridized carbons (Fsp3) is 0.200. The first-order valence-corrected chi connectivity index (χ1v) is 5.59. The summed E-state index contributed by atoms with van der Waals surface area (Å²) >= 11 is 0. The lowest BCUT2D eigenvalue weighted by atomic mass is 10.1. The van der Waals surface area contributed by atoms with Crippen LogP contribution in [0.15, 0.2) is 34.9 Å². The van der Waals surface area contributed by atoms with Crippen molar-refractivity contribution in [3.63, 3.8) is 0 Å². The zero-order chi connectivity index (χ0) is 11.1. The molecule has 0 spiro atoms. The van der Waals surface area contributed by atoms with Gasteiger partial charge >= 0.3 is 0 Å². The van der Waals surface area contributed by atoms with Gasteiger partial charge in [-0.15, -0.1) is 0 Å². The van der Waals surface area contributed by atoms with Crippen molar-refractivity contribution in [2.75, 3.05) is 0 Å². The van der Waals surface area contributed by atoms with E-state index in [-0.39, 0.29) is 0 Å². The highest BCUT2D eigenvalue weighted by Crippen LogP contribution is 2.34. The third-order valence-corrected chi connectivity index (χ3v) is 3.34. The molecule has 80 valence electrons. The van der Waals surface area contributed by atoms with E-state index >= 15 is 0 Å². The first kappa shape index (κ1) is 9.46. The molecule has 1 heteroatoms. The summed E-state index contributed by atoms with van der Waals surface area (Å²) < 4.78 is 5.64. The van der Waals surface area contributed by atoms with E-state index in [9.17, 15) is 0 Å². The maximum atomic E-state index is 5.64. The summed E-state index contributed by atoms with van der Waals surface area (Å²) in [5.41, 5.74) is 6.51. The largest absolute Gasteiger partial charge is 0.464 e. The van der Waals surface area contributed by atoms with Gasteiger partial charge in [-0.05, 0) is 42.2 Å². The Morgan fingerprint density at radius 3 is 2.62 bits per heavy atom. The van der Waals surface area contributed by atoms with Gasteiger partial charge in [0.2, 0.25) is 0 Å². The summed E-state index contributed by atoms with van der Waals surface area (Å²) in [6, 6.07) is 8.52. The van der Waals surface area contributed by atoms with Crippen molar-refractivity contribution in [2.24, 2.45) is 0 Å². The standard InChI is InChI=1S/C15H14O/c1-10-9-16-15(11(10)2)14-7-12-5-3-4-6-13(12)8-14/h3-7,9H,8H2,1-2H3. The molecule has 1 aliphatic rings. The molecule has 3 rings (SSSR count). The lowest BCUT2D eigenvalue weighted by Crippen LogP contribution is -1.86. The number of rotatable bonds is 1. The Kier molecular flexibility index (Phi) is 2.00. The van der Waals surface area contributed by atoms with Gasteiger partial charge in [-0.1, -0.05) is 24.3 Å². The molecule has 16 heavy (non-hydrogen) atoms. The van der Waals surface area contributed by atoms with Crippen LogP contribution in [0.2, 0.25) is 0 Å². The number of fused-ring (bicyclic) bond motifs is 1. The van der Waals surface area contributed by atoms with E-state index in [1.807, 2.05) is 6.26 Å². The fourth-order valence-electron chi connectivity index (χ4n) is 2.25. The maximum absolute atomic E-state index is 5.64. The minimum absolute atomic E-state index is 0.990. The molecular formula is C15H14O. The van der Waals surface area contributed by atoms with E-state index in [0.29, 0.717) is 0 Å². The van der Waals surface area contributed by atoms with Crippen LogP contribution in [0.5, 0.6) is 0 Å². The van der Waals surface area contributed by atoms with Crippen molar-refractivity contribution in [1.29, 1.82) is 0 Å². The Bertz CT molecular complexity index is 573. The second-order valence-corrected chi connectivity index (χ2v) is 4.42. The van der Waals surface area contributed by atoms with Gasteiger partial charge in [0.25, 0.3) is 0 Å². The first-order valence-electron chi connectivity index (χ1n) is 5.59. The number of hydrogen-bond acceptors (Lipinski definition) is 1. The molecule has 0 saturated carbocycles. The van der Waals surface area contributed by atoms with Crippen LogP contribution in [0.3, 0.4) is 0 Å². The van der Waals surface area contributed by atoms with Crippen LogP contribution >= 0.6 is 0 Å². The summed E-state index contributed by atoms with van der Waals surface area (Å²) in [4.78, 5) is 0. The molecule has 2 aromatic rings. The molecule has 0 amide bonds. The topological polar surface area (TPSA) is 13.1 Å². The van der Waals surface area contributed by atoms with E-state index < -0.39 is 0 Å². The quantitative estimate of drug-likeness (QED) is 0.693. The molecule has 0 atom stereocenters. The van der Waals surface area contributed by atoms with E-state index in [4.69, 9.17) is 4.42 Å². The minimum atomic E-state index is 0.990. The summed E-state index contributed by atoms with van der Waals surface area (Å²) in [5, 5.41) is 0. The van der Waals surface area contributed by atoms with Gasteiger partial charge in [-0.2, -0.15) is 0 Å². The van der Waals surface area contributed by atoms with Crippen molar-refractivity contribution in [2.45, 2.75) is 20.3 Å². The molecule has 1 aromatic heterocycles. The summed E-state index contributed by atoms with van der Waals surface area (Å²) in [6.45, 7) is 4.21. The Hall–Kier alpha value is -1.76. The van der Waals surface area contributed by atoms with Crippen molar-refractivity contribution in [3.8, 4) is 0 Å².